The minimum Gasteiger partial charge on any atom is -0.379 e. The van der Waals surface area contributed by atoms with Crippen LogP contribution in [0.2, 0.25) is 0 Å². The van der Waals surface area contributed by atoms with Crippen LogP contribution in [0.3, 0.4) is 0 Å². The predicted octanol–water partition coefficient (Wildman–Crippen LogP) is 0.188. The molecule has 114 valence electrons. The van der Waals surface area contributed by atoms with Crippen molar-refractivity contribution in [3.63, 3.8) is 0 Å². The highest BCUT2D eigenvalue weighted by Gasteiger charge is 2.16. The maximum absolute atomic E-state index is 12.1. The van der Waals surface area contributed by atoms with Gasteiger partial charge in [-0.3, -0.25) is 9.69 Å². The zero-order chi connectivity index (χ0) is 14.8. The summed E-state index contributed by atoms with van der Waals surface area (Å²) in [6, 6.07) is 2.14. The lowest BCUT2D eigenvalue weighted by atomic mass is 10.2. The molecule has 0 spiro atoms. The lowest BCUT2D eigenvalue weighted by Gasteiger charge is -2.30. The third kappa shape index (κ3) is 6.85. The summed E-state index contributed by atoms with van der Waals surface area (Å²) in [6.45, 7) is 7.30. The van der Waals surface area contributed by atoms with E-state index in [4.69, 9.17) is 15.7 Å². The molecule has 1 aliphatic rings. The second-order valence-corrected chi connectivity index (χ2v) is 5.26. The molecule has 1 rings (SSSR count). The first-order chi connectivity index (χ1) is 9.63. The monoisotopic (exact) mass is 282 g/mol. The van der Waals surface area contributed by atoms with Gasteiger partial charge < -0.3 is 15.4 Å². The largest absolute Gasteiger partial charge is 0.379 e. The maximum atomic E-state index is 12.1. The summed E-state index contributed by atoms with van der Waals surface area (Å²) in [4.78, 5) is 16.2. The number of morpholine rings is 1. The van der Waals surface area contributed by atoms with E-state index >= 15 is 0 Å². The fraction of sp³-hybridized carbons (Fsp3) is 0.857. The second-order valence-electron chi connectivity index (χ2n) is 5.26. The Morgan fingerprint density at radius 1 is 1.45 bits per heavy atom. The molecule has 0 aliphatic carbocycles. The number of rotatable bonds is 8. The van der Waals surface area contributed by atoms with Crippen molar-refractivity contribution in [2.45, 2.75) is 32.2 Å². The Kier molecular flexibility index (Phi) is 8.19. The Hall–Kier alpha value is -1.16. The molecular formula is C14H26N4O2. The van der Waals surface area contributed by atoms with Crippen molar-refractivity contribution in [2.24, 2.45) is 5.73 Å². The Morgan fingerprint density at radius 2 is 2.15 bits per heavy atom. The van der Waals surface area contributed by atoms with Crippen molar-refractivity contribution in [2.75, 3.05) is 45.9 Å². The summed E-state index contributed by atoms with van der Waals surface area (Å²) in [5, 5.41) is 8.70. The van der Waals surface area contributed by atoms with Crippen LogP contribution in [0.4, 0.5) is 0 Å². The molecule has 0 bridgehead atoms. The minimum atomic E-state index is 0.0380. The number of amides is 1. The Balaban J connectivity index is 2.37. The van der Waals surface area contributed by atoms with Gasteiger partial charge in [-0.05, 0) is 13.3 Å². The first-order valence-corrected chi connectivity index (χ1v) is 7.34. The van der Waals surface area contributed by atoms with Gasteiger partial charge in [0.05, 0.1) is 25.7 Å². The molecule has 1 saturated heterocycles. The number of carbonyl (C=O) groups excluding carboxylic acids is 1. The molecule has 1 amide bonds. The van der Waals surface area contributed by atoms with Gasteiger partial charge in [-0.1, -0.05) is 0 Å². The highest BCUT2D eigenvalue weighted by atomic mass is 16.5. The minimum absolute atomic E-state index is 0.0380. The molecular weight excluding hydrogens is 256 g/mol. The fourth-order valence-corrected chi connectivity index (χ4v) is 2.14. The van der Waals surface area contributed by atoms with E-state index in [1.165, 1.54) is 0 Å². The van der Waals surface area contributed by atoms with Crippen molar-refractivity contribution in [3.05, 3.63) is 0 Å². The standard InChI is InChI=1S/C14H26N4O2/c1-13(16)3-4-14(19)18(6-2-5-15)8-7-17-9-11-20-12-10-17/h13H,2-4,6-12,16H2,1H3. The van der Waals surface area contributed by atoms with E-state index in [1.807, 2.05) is 6.92 Å². The number of nitrogens with zero attached hydrogens (tertiary/aromatic N) is 3. The fourth-order valence-electron chi connectivity index (χ4n) is 2.14. The summed E-state index contributed by atoms with van der Waals surface area (Å²) in [6.07, 6.45) is 1.54. The average molecular weight is 282 g/mol. The highest BCUT2D eigenvalue weighted by molar-refractivity contribution is 5.76. The Labute approximate surface area is 121 Å². The van der Waals surface area contributed by atoms with Gasteiger partial charge in [-0.15, -0.1) is 0 Å². The van der Waals surface area contributed by atoms with Gasteiger partial charge in [0.15, 0.2) is 0 Å². The lowest BCUT2D eigenvalue weighted by molar-refractivity contribution is -0.131. The molecule has 1 heterocycles. The molecule has 1 unspecified atom stereocenters. The number of carbonyl (C=O) groups is 1. The van der Waals surface area contributed by atoms with E-state index in [2.05, 4.69) is 11.0 Å². The molecule has 0 aromatic carbocycles. The van der Waals surface area contributed by atoms with Gasteiger partial charge in [-0.2, -0.15) is 5.26 Å². The molecule has 0 aromatic rings. The van der Waals surface area contributed by atoms with Gasteiger partial charge in [0.2, 0.25) is 5.91 Å². The zero-order valence-electron chi connectivity index (χ0n) is 12.4. The second kappa shape index (κ2) is 9.70. The average Bonchev–Trinajstić information content (AvgIpc) is 2.46. The Morgan fingerprint density at radius 3 is 2.75 bits per heavy atom. The molecule has 2 N–H and O–H groups in total. The van der Waals surface area contributed by atoms with Crippen LogP contribution in [0.15, 0.2) is 0 Å². The van der Waals surface area contributed by atoms with Gasteiger partial charge >= 0.3 is 0 Å². The molecule has 1 fully saturated rings. The maximum Gasteiger partial charge on any atom is 0.222 e. The van der Waals surface area contributed by atoms with Crippen LogP contribution in [0.1, 0.15) is 26.2 Å². The van der Waals surface area contributed by atoms with E-state index in [0.29, 0.717) is 32.4 Å². The number of nitrogens with two attached hydrogens (primary N) is 1. The predicted molar refractivity (Wildman–Crippen MR) is 77.0 cm³/mol. The SMILES string of the molecule is CC(N)CCC(=O)N(CCC#N)CCN1CCOCC1. The van der Waals surface area contributed by atoms with E-state index in [1.54, 1.807) is 4.90 Å². The van der Waals surface area contributed by atoms with Crippen LogP contribution in [-0.2, 0) is 9.53 Å². The number of ether oxygens (including phenoxy) is 1. The summed E-state index contributed by atoms with van der Waals surface area (Å²) >= 11 is 0. The van der Waals surface area contributed by atoms with Gasteiger partial charge in [0.1, 0.15) is 0 Å². The van der Waals surface area contributed by atoms with E-state index < -0.39 is 0 Å². The Bertz CT molecular complexity index is 322. The summed E-state index contributed by atoms with van der Waals surface area (Å²) in [5.74, 6) is 0.103. The van der Waals surface area contributed by atoms with Crippen molar-refractivity contribution >= 4 is 5.91 Å². The van der Waals surface area contributed by atoms with Crippen LogP contribution in [0, 0.1) is 11.3 Å². The molecule has 1 aliphatic heterocycles. The molecule has 6 nitrogen and oxygen atoms in total. The third-order valence-corrected chi connectivity index (χ3v) is 3.45. The first kappa shape index (κ1) is 16.9. The number of nitriles is 1. The third-order valence-electron chi connectivity index (χ3n) is 3.45. The van der Waals surface area contributed by atoms with Gasteiger partial charge in [0.25, 0.3) is 0 Å². The molecule has 0 radical (unpaired) electrons. The molecule has 1 atom stereocenters. The number of hydrogen-bond donors (Lipinski definition) is 1. The van der Waals surface area contributed by atoms with Crippen molar-refractivity contribution in [1.29, 1.82) is 5.26 Å². The first-order valence-electron chi connectivity index (χ1n) is 7.34. The van der Waals surface area contributed by atoms with Crippen LogP contribution in [0.25, 0.3) is 0 Å². The van der Waals surface area contributed by atoms with Crippen LogP contribution >= 0.6 is 0 Å². The summed E-state index contributed by atoms with van der Waals surface area (Å²) in [7, 11) is 0. The molecule has 6 heteroatoms. The number of hydrogen-bond acceptors (Lipinski definition) is 5. The molecule has 20 heavy (non-hydrogen) atoms. The van der Waals surface area contributed by atoms with E-state index in [9.17, 15) is 4.79 Å². The van der Waals surface area contributed by atoms with Crippen molar-refractivity contribution in [3.8, 4) is 6.07 Å². The van der Waals surface area contributed by atoms with Crippen LogP contribution < -0.4 is 5.73 Å². The van der Waals surface area contributed by atoms with Gasteiger partial charge in [0, 0.05) is 45.2 Å². The van der Waals surface area contributed by atoms with Crippen LogP contribution in [0.5, 0.6) is 0 Å². The summed E-state index contributed by atoms with van der Waals surface area (Å²) < 4.78 is 5.30. The normalized spacial score (nSPS) is 17.4. The van der Waals surface area contributed by atoms with Gasteiger partial charge in [-0.25, -0.2) is 0 Å². The van der Waals surface area contributed by atoms with Crippen molar-refractivity contribution in [1.82, 2.24) is 9.80 Å². The smallest absolute Gasteiger partial charge is 0.222 e. The van der Waals surface area contributed by atoms with Crippen LogP contribution in [-0.4, -0.2) is 67.7 Å². The zero-order valence-corrected chi connectivity index (χ0v) is 12.4. The topological polar surface area (TPSA) is 82.6 Å². The quantitative estimate of drug-likeness (QED) is 0.687. The highest BCUT2D eigenvalue weighted by Crippen LogP contribution is 2.03. The molecule has 0 saturated carbocycles. The summed E-state index contributed by atoms with van der Waals surface area (Å²) in [5.41, 5.74) is 5.69. The van der Waals surface area contributed by atoms with Crippen molar-refractivity contribution < 1.29 is 9.53 Å². The van der Waals surface area contributed by atoms with E-state index in [0.717, 1.165) is 32.8 Å². The van der Waals surface area contributed by atoms with E-state index in [-0.39, 0.29) is 11.9 Å². The molecule has 0 aromatic heterocycles. The lowest BCUT2D eigenvalue weighted by Crippen LogP contribution is -2.43.